The fourth-order valence-electron chi connectivity index (χ4n) is 2.08. The first-order valence-electron chi connectivity index (χ1n) is 7.73. The molecule has 4 nitrogen and oxygen atoms in total. The predicted octanol–water partition coefficient (Wildman–Crippen LogP) is 2.79. The molecule has 0 unspecified atom stereocenters. The summed E-state index contributed by atoms with van der Waals surface area (Å²) >= 11 is 0. The lowest BCUT2D eigenvalue weighted by Crippen LogP contribution is -2.29. The van der Waals surface area contributed by atoms with Gasteiger partial charge in [-0.25, -0.2) is 0 Å². The second-order valence-corrected chi connectivity index (χ2v) is 5.52. The Kier molecular flexibility index (Phi) is 5.92. The zero-order chi connectivity index (χ0) is 16.7. The maximum absolute atomic E-state index is 12.1. The van der Waals surface area contributed by atoms with Crippen molar-refractivity contribution >= 4 is 17.9 Å². The standard InChI is InChI=1S/C19H22N2O2/c1-3-13-21(14-4-2)18(22)12-7-15-5-8-16(9-6-15)19(23)20-17-10-11-17/h3-9,12,17H,1-2,10-11,13-14H2,(H,20,23)/b12-7+. The van der Waals surface area contributed by atoms with Gasteiger partial charge in [0.25, 0.3) is 5.91 Å². The molecule has 1 aliphatic carbocycles. The van der Waals surface area contributed by atoms with Crippen LogP contribution >= 0.6 is 0 Å². The van der Waals surface area contributed by atoms with Crippen LogP contribution in [0, 0.1) is 0 Å². The Bertz CT molecular complexity index is 603. The maximum atomic E-state index is 12.1. The molecule has 2 rings (SSSR count). The van der Waals surface area contributed by atoms with E-state index >= 15 is 0 Å². The minimum atomic E-state index is -0.0969. The fourth-order valence-corrected chi connectivity index (χ4v) is 2.08. The van der Waals surface area contributed by atoms with E-state index in [1.54, 1.807) is 35.3 Å². The van der Waals surface area contributed by atoms with E-state index in [0.717, 1.165) is 18.4 Å². The third-order valence-electron chi connectivity index (χ3n) is 3.51. The molecule has 1 aromatic carbocycles. The summed E-state index contributed by atoms with van der Waals surface area (Å²) in [6.45, 7) is 8.25. The Balaban J connectivity index is 1.95. The highest BCUT2D eigenvalue weighted by molar-refractivity contribution is 5.95. The van der Waals surface area contributed by atoms with Crippen molar-refractivity contribution in [2.75, 3.05) is 13.1 Å². The fraction of sp³-hybridized carbons (Fsp3) is 0.263. The monoisotopic (exact) mass is 310 g/mol. The number of carbonyl (C=O) groups is 2. The molecule has 1 aromatic rings. The van der Waals surface area contributed by atoms with E-state index in [1.807, 2.05) is 12.1 Å². The van der Waals surface area contributed by atoms with Crippen LogP contribution in [0.3, 0.4) is 0 Å². The number of nitrogens with zero attached hydrogens (tertiary/aromatic N) is 1. The van der Waals surface area contributed by atoms with Gasteiger partial charge in [0.1, 0.15) is 0 Å². The number of hydrogen-bond acceptors (Lipinski definition) is 2. The first kappa shape index (κ1) is 16.7. The van der Waals surface area contributed by atoms with Crippen molar-refractivity contribution < 1.29 is 9.59 Å². The molecule has 0 aromatic heterocycles. The average molecular weight is 310 g/mol. The van der Waals surface area contributed by atoms with E-state index in [4.69, 9.17) is 0 Å². The molecule has 23 heavy (non-hydrogen) atoms. The third kappa shape index (κ3) is 5.25. The molecule has 0 saturated heterocycles. The summed E-state index contributed by atoms with van der Waals surface area (Å²) in [5.41, 5.74) is 1.51. The number of nitrogens with one attached hydrogen (secondary N) is 1. The van der Waals surface area contributed by atoms with Gasteiger partial charge in [-0.1, -0.05) is 24.3 Å². The molecule has 0 aliphatic heterocycles. The normalized spacial score (nSPS) is 13.6. The second-order valence-electron chi connectivity index (χ2n) is 5.52. The zero-order valence-electron chi connectivity index (χ0n) is 13.2. The SMILES string of the molecule is C=CCN(CC=C)C(=O)/C=C/c1ccc(C(=O)NC2CC2)cc1. The predicted molar refractivity (Wildman–Crippen MR) is 92.9 cm³/mol. The molecule has 120 valence electrons. The smallest absolute Gasteiger partial charge is 0.251 e. The Labute approximate surface area is 137 Å². The van der Waals surface area contributed by atoms with Gasteiger partial charge in [0, 0.05) is 30.8 Å². The van der Waals surface area contributed by atoms with Crippen LogP contribution in [0.4, 0.5) is 0 Å². The Hall–Kier alpha value is -2.62. The third-order valence-corrected chi connectivity index (χ3v) is 3.51. The summed E-state index contributed by atoms with van der Waals surface area (Å²) in [5, 5.41) is 2.95. The molecule has 0 heterocycles. The molecule has 1 saturated carbocycles. The highest BCUT2D eigenvalue weighted by Crippen LogP contribution is 2.19. The Morgan fingerprint density at radius 3 is 2.26 bits per heavy atom. The molecular weight excluding hydrogens is 288 g/mol. The number of amides is 2. The van der Waals surface area contributed by atoms with Gasteiger partial charge in [-0.05, 0) is 36.6 Å². The molecule has 0 bridgehead atoms. The topological polar surface area (TPSA) is 49.4 Å². The Morgan fingerprint density at radius 2 is 1.74 bits per heavy atom. The van der Waals surface area contributed by atoms with E-state index < -0.39 is 0 Å². The van der Waals surface area contributed by atoms with Crippen molar-refractivity contribution in [3.05, 3.63) is 66.8 Å². The maximum Gasteiger partial charge on any atom is 0.251 e. The van der Waals surface area contributed by atoms with Gasteiger partial charge < -0.3 is 10.2 Å². The van der Waals surface area contributed by atoms with Crippen LogP contribution < -0.4 is 5.32 Å². The van der Waals surface area contributed by atoms with Gasteiger partial charge in [-0.15, -0.1) is 13.2 Å². The molecule has 2 amide bonds. The molecule has 0 spiro atoms. The molecule has 4 heteroatoms. The van der Waals surface area contributed by atoms with Crippen LogP contribution in [0.25, 0.3) is 6.08 Å². The Morgan fingerprint density at radius 1 is 1.13 bits per heavy atom. The van der Waals surface area contributed by atoms with Gasteiger partial charge in [0.15, 0.2) is 0 Å². The molecule has 0 atom stereocenters. The largest absolute Gasteiger partial charge is 0.349 e. The molecule has 1 aliphatic rings. The highest BCUT2D eigenvalue weighted by Gasteiger charge is 2.23. The lowest BCUT2D eigenvalue weighted by atomic mass is 10.1. The lowest BCUT2D eigenvalue weighted by Gasteiger charge is -2.16. The summed E-state index contributed by atoms with van der Waals surface area (Å²) in [6.07, 6.45) is 8.77. The summed E-state index contributed by atoms with van der Waals surface area (Å²) in [6, 6.07) is 7.55. The van der Waals surface area contributed by atoms with Gasteiger partial charge >= 0.3 is 0 Å². The van der Waals surface area contributed by atoms with E-state index in [9.17, 15) is 9.59 Å². The minimum Gasteiger partial charge on any atom is -0.349 e. The number of benzene rings is 1. The van der Waals surface area contributed by atoms with Crippen molar-refractivity contribution in [3.8, 4) is 0 Å². The summed E-state index contributed by atoms with van der Waals surface area (Å²) in [5.74, 6) is -0.136. The van der Waals surface area contributed by atoms with Crippen molar-refractivity contribution in [2.24, 2.45) is 0 Å². The zero-order valence-corrected chi connectivity index (χ0v) is 13.2. The first-order chi connectivity index (χ1) is 11.1. The van der Waals surface area contributed by atoms with Gasteiger partial charge in [-0.2, -0.15) is 0 Å². The summed E-state index contributed by atoms with van der Waals surface area (Å²) in [4.78, 5) is 25.6. The second kappa shape index (κ2) is 8.13. The number of carbonyl (C=O) groups excluding carboxylic acids is 2. The number of hydrogen-bond donors (Lipinski definition) is 1. The van der Waals surface area contributed by atoms with Crippen LogP contribution in [0.5, 0.6) is 0 Å². The lowest BCUT2D eigenvalue weighted by molar-refractivity contribution is -0.124. The van der Waals surface area contributed by atoms with Gasteiger partial charge in [0.2, 0.25) is 5.91 Å². The van der Waals surface area contributed by atoms with Crippen LogP contribution in [0.15, 0.2) is 55.7 Å². The number of rotatable bonds is 8. The highest BCUT2D eigenvalue weighted by atomic mass is 16.2. The van der Waals surface area contributed by atoms with Crippen LogP contribution in [-0.2, 0) is 4.79 Å². The summed E-state index contributed by atoms with van der Waals surface area (Å²) < 4.78 is 0. The molecule has 1 fully saturated rings. The van der Waals surface area contributed by atoms with Crippen molar-refractivity contribution in [2.45, 2.75) is 18.9 Å². The minimum absolute atomic E-state index is 0.0396. The quantitative estimate of drug-likeness (QED) is 0.593. The molecule has 0 radical (unpaired) electrons. The van der Waals surface area contributed by atoms with Crippen LogP contribution in [-0.4, -0.2) is 35.8 Å². The van der Waals surface area contributed by atoms with Crippen molar-refractivity contribution in [1.29, 1.82) is 0 Å². The van der Waals surface area contributed by atoms with E-state index in [1.165, 1.54) is 6.08 Å². The molecular formula is C19H22N2O2. The van der Waals surface area contributed by atoms with Crippen molar-refractivity contribution in [1.82, 2.24) is 10.2 Å². The molecule has 1 N–H and O–H groups in total. The van der Waals surface area contributed by atoms with E-state index in [2.05, 4.69) is 18.5 Å². The van der Waals surface area contributed by atoms with Crippen LogP contribution in [0.2, 0.25) is 0 Å². The summed E-state index contributed by atoms with van der Waals surface area (Å²) in [7, 11) is 0. The first-order valence-corrected chi connectivity index (χ1v) is 7.73. The van der Waals surface area contributed by atoms with Gasteiger partial charge in [0.05, 0.1) is 0 Å². The van der Waals surface area contributed by atoms with E-state index in [-0.39, 0.29) is 11.8 Å². The van der Waals surface area contributed by atoms with Crippen molar-refractivity contribution in [3.63, 3.8) is 0 Å². The van der Waals surface area contributed by atoms with E-state index in [0.29, 0.717) is 24.7 Å². The average Bonchev–Trinajstić information content (AvgIpc) is 3.37. The van der Waals surface area contributed by atoms with Gasteiger partial charge in [-0.3, -0.25) is 9.59 Å². The van der Waals surface area contributed by atoms with Crippen LogP contribution in [0.1, 0.15) is 28.8 Å².